The molecule has 6 heteroatoms. The zero-order valence-corrected chi connectivity index (χ0v) is 16.9. The standard InChI is InChI=1S/C25H23NO5/c27-14-23(24(28)30-15-17-8-2-1-3-9-17)26-25(29)31-16-22-20-12-6-4-10-18(20)19-11-5-7-13-21(19)22/h1-13,22-23,27H,14-16H2,(H,26,29). The number of aliphatic hydroxyl groups is 1. The molecule has 3 aromatic rings. The third-order valence-electron chi connectivity index (χ3n) is 5.33. The Balaban J connectivity index is 1.35. The van der Waals surface area contributed by atoms with E-state index in [4.69, 9.17) is 9.47 Å². The summed E-state index contributed by atoms with van der Waals surface area (Å²) in [5.41, 5.74) is 5.26. The third kappa shape index (κ3) is 4.59. The smallest absolute Gasteiger partial charge is 0.407 e. The van der Waals surface area contributed by atoms with E-state index in [-0.39, 0.29) is 19.1 Å². The first-order valence-electron chi connectivity index (χ1n) is 10.1. The minimum atomic E-state index is -1.20. The number of esters is 1. The van der Waals surface area contributed by atoms with Gasteiger partial charge in [0.15, 0.2) is 6.04 Å². The van der Waals surface area contributed by atoms with Gasteiger partial charge < -0.3 is 19.9 Å². The van der Waals surface area contributed by atoms with Crippen molar-refractivity contribution >= 4 is 12.1 Å². The molecule has 0 heterocycles. The zero-order valence-electron chi connectivity index (χ0n) is 16.9. The number of fused-ring (bicyclic) bond motifs is 3. The summed E-state index contributed by atoms with van der Waals surface area (Å²) in [7, 11) is 0. The molecule has 4 rings (SSSR count). The first-order valence-corrected chi connectivity index (χ1v) is 10.1. The molecule has 6 nitrogen and oxygen atoms in total. The van der Waals surface area contributed by atoms with E-state index in [1.165, 1.54) is 0 Å². The highest BCUT2D eigenvalue weighted by atomic mass is 16.6. The van der Waals surface area contributed by atoms with E-state index in [0.717, 1.165) is 27.8 Å². The highest BCUT2D eigenvalue weighted by Crippen LogP contribution is 2.44. The molecular formula is C25H23NO5. The Morgan fingerprint density at radius 2 is 1.42 bits per heavy atom. The van der Waals surface area contributed by atoms with Gasteiger partial charge in [-0.05, 0) is 27.8 Å². The van der Waals surface area contributed by atoms with Gasteiger partial charge in [0.25, 0.3) is 0 Å². The van der Waals surface area contributed by atoms with Crippen LogP contribution in [-0.4, -0.2) is 36.4 Å². The van der Waals surface area contributed by atoms with Gasteiger partial charge >= 0.3 is 12.1 Å². The van der Waals surface area contributed by atoms with Gasteiger partial charge in [0.2, 0.25) is 0 Å². The summed E-state index contributed by atoms with van der Waals surface area (Å²) in [6.07, 6.45) is -0.780. The molecule has 0 aliphatic heterocycles. The summed E-state index contributed by atoms with van der Waals surface area (Å²) >= 11 is 0. The van der Waals surface area contributed by atoms with Crippen LogP contribution in [0.2, 0.25) is 0 Å². The highest BCUT2D eigenvalue weighted by Gasteiger charge is 2.29. The third-order valence-corrected chi connectivity index (χ3v) is 5.33. The first kappa shape index (κ1) is 20.6. The van der Waals surface area contributed by atoms with Gasteiger partial charge in [-0.3, -0.25) is 0 Å². The Hall–Kier alpha value is -3.64. The Labute approximate surface area is 180 Å². The van der Waals surface area contributed by atoms with Crippen molar-refractivity contribution in [2.45, 2.75) is 18.6 Å². The number of hydrogen-bond donors (Lipinski definition) is 2. The topological polar surface area (TPSA) is 84.9 Å². The Morgan fingerprint density at radius 1 is 0.839 bits per heavy atom. The second-order valence-corrected chi connectivity index (χ2v) is 7.30. The Morgan fingerprint density at radius 3 is 2.03 bits per heavy atom. The fraction of sp³-hybridized carbons (Fsp3) is 0.200. The molecular weight excluding hydrogens is 394 g/mol. The maximum absolute atomic E-state index is 12.3. The average molecular weight is 417 g/mol. The molecule has 1 aliphatic rings. The van der Waals surface area contributed by atoms with E-state index in [9.17, 15) is 14.7 Å². The summed E-state index contributed by atoms with van der Waals surface area (Å²) in [6, 6.07) is 24.0. The predicted molar refractivity (Wildman–Crippen MR) is 115 cm³/mol. The molecule has 1 atom stereocenters. The van der Waals surface area contributed by atoms with Crippen molar-refractivity contribution in [2.24, 2.45) is 0 Å². The van der Waals surface area contributed by atoms with Crippen LogP contribution in [0.5, 0.6) is 0 Å². The van der Waals surface area contributed by atoms with Gasteiger partial charge in [-0.2, -0.15) is 0 Å². The molecule has 0 aromatic heterocycles. The van der Waals surface area contributed by atoms with E-state index in [1.807, 2.05) is 66.7 Å². The number of alkyl carbamates (subject to hydrolysis) is 1. The molecule has 2 N–H and O–H groups in total. The summed E-state index contributed by atoms with van der Waals surface area (Å²) in [5.74, 6) is -0.810. The molecule has 0 radical (unpaired) electrons. The van der Waals surface area contributed by atoms with E-state index in [0.29, 0.717) is 0 Å². The summed E-state index contributed by atoms with van der Waals surface area (Å²) in [5, 5.41) is 11.9. The van der Waals surface area contributed by atoms with Crippen LogP contribution in [0.4, 0.5) is 4.79 Å². The van der Waals surface area contributed by atoms with Crippen molar-refractivity contribution in [3.8, 4) is 11.1 Å². The zero-order chi connectivity index (χ0) is 21.6. The van der Waals surface area contributed by atoms with Crippen LogP contribution < -0.4 is 5.32 Å². The molecule has 158 valence electrons. The van der Waals surface area contributed by atoms with Crippen molar-refractivity contribution in [3.05, 3.63) is 95.6 Å². The van der Waals surface area contributed by atoms with E-state index >= 15 is 0 Å². The first-order chi connectivity index (χ1) is 15.2. The number of ether oxygens (including phenoxy) is 2. The summed E-state index contributed by atoms with van der Waals surface area (Å²) in [6.45, 7) is -0.405. The van der Waals surface area contributed by atoms with Crippen LogP contribution in [0, 0.1) is 0 Å². The van der Waals surface area contributed by atoms with Crippen LogP contribution in [0.1, 0.15) is 22.6 Å². The van der Waals surface area contributed by atoms with Crippen molar-refractivity contribution < 1.29 is 24.2 Å². The average Bonchev–Trinajstić information content (AvgIpc) is 3.14. The molecule has 0 bridgehead atoms. The molecule has 0 saturated heterocycles. The van der Waals surface area contributed by atoms with Crippen molar-refractivity contribution in [1.82, 2.24) is 5.32 Å². The fourth-order valence-electron chi connectivity index (χ4n) is 3.79. The van der Waals surface area contributed by atoms with Gasteiger partial charge in [-0.1, -0.05) is 78.9 Å². The monoisotopic (exact) mass is 417 g/mol. The number of rotatable bonds is 7. The molecule has 1 unspecified atom stereocenters. The normalized spacial score (nSPS) is 13.1. The number of amides is 1. The van der Waals surface area contributed by atoms with Gasteiger partial charge in [-0.25, -0.2) is 9.59 Å². The Kier molecular flexibility index (Phi) is 6.29. The van der Waals surface area contributed by atoms with Crippen molar-refractivity contribution in [3.63, 3.8) is 0 Å². The van der Waals surface area contributed by atoms with Gasteiger partial charge in [0.1, 0.15) is 13.2 Å². The maximum Gasteiger partial charge on any atom is 0.407 e. The number of nitrogens with one attached hydrogen (secondary N) is 1. The number of benzene rings is 3. The molecule has 31 heavy (non-hydrogen) atoms. The minimum absolute atomic E-state index is 0.0581. The number of hydrogen-bond acceptors (Lipinski definition) is 5. The predicted octanol–water partition coefficient (Wildman–Crippen LogP) is 3.63. The van der Waals surface area contributed by atoms with Crippen molar-refractivity contribution in [1.29, 1.82) is 0 Å². The maximum atomic E-state index is 12.3. The highest BCUT2D eigenvalue weighted by molar-refractivity contribution is 5.82. The van der Waals surface area contributed by atoms with Crippen LogP contribution in [0.3, 0.4) is 0 Å². The number of carbonyl (C=O) groups excluding carboxylic acids is 2. The fourth-order valence-corrected chi connectivity index (χ4v) is 3.79. The summed E-state index contributed by atoms with van der Waals surface area (Å²) < 4.78 is 10.6. The van der Waals surface area contributed by atoms with Gasteiger partial charge in [0, 0.05) is 5.92 Å². The van der Waals surface area contributed by atoms with Crippen LogP contribution in [0.25, 0.3) is 11.1 Å². The van der Waals surface area contributed by atoms with E-state index in [2.05, 4.69) is 17.4 Å². The lowest BCUT2D eigenvalue weighted by Crippen LogP contribution is -2.44. The molecule has 0 fully saturated rings. The quantitative estimate of drug-likeness (QED) is 0.574. The van der Waals surface area contributed by atoms with Gasteiger partial charge in [-0.15, -0.1) is 0 Å². The lowest BCUT2D eigenvalue weighted by atomic mass is 9.98. The largest absolute Gasteiger partial charge is 0.459 e. The lowest BCUT2D eigenvalue weighted by Gasteiger charge is -2.18. The van der Waals surface area contributed by atoms with E-state index in [1.54, 1.807) is 0 Å². The van der Waals surface area contributed by atoms with Crippen LogP contribution >= 0.6 is 0 Å². The van der Waals surface area contributed by atoms with Gasteiger partial charge in [0.05, 0.1) is 6.61 Å². The second-order valence-electron chi connectivity index (χ2n) is 7.30. The number of aliphatic hydroxyl groups excluding tert-OH is 1. The Bertz CT molecular complexity index is 1020. The lowest BCUT2D eigenvalue weighted by molar-refractivity contribution is -0.148. The van der Waals surface area contributed by atoms with E-state index < -0.39 is 24.7 Å². The molecule has 0 saturated carbocycles. The number of carbonyl (C=O) groups is 2. The van der Waals surface area contributed by atoms with Crippen molar-refractivity contribution in [2.75, 3.05) is 13.2 Å². The molecule has 1 aliphatic carbocycles. The van der Waals surface area contributed by atoms with Crippen LogP contribution in [0.15, 0.2) is 78.9 Å². The van der Waals surface area contributed by atoms with Crippen LogP contribution in [-0.2, 0) is 20.9 Å². The SMILES string of the molecule is O=C(NC(CO)C(=O)OCc1ccccc1)OCC1c2ccccc2-c2ccccc21. The summed E-state index contributed by atoms with van der Waals surface area (Å²) in [4.78, 5) is 24.5. The molecule has 0 spiro atoms. The molecule has 3 aromatic carbocycles. The molecule has 1 amide bonds. The minimum Gasteiger partial charge on any atom is -0.459 e. The second kappa shape index (κ2) is 9.45.